The third-order valence-electron chi connectivity index (χ3n) is 4.91. The average Bonchev–Trinajstić information content (AvgIpc) is 3.08. The number of ether oxygens (including phenoxy) is 1. The Morgan fingerprint density at radius 1 is 1.19 bits per heavy atom. The summed E-state index contributed by atoms with van der Waals surface area (Å²) in [5.41, 5.74) is 3.66. The van der Waals surface area contributed by atoms with E-state index in [1.54, 1.807) is 0 Å². The molecule has 21 heavy (non-hydrogen) atoms. The van der Waals surface area contributed by atoms with E-state index in [4.69, 9.17) is 14.7 Å². The lowest BCUT2D eigenvalue weighted by atomic mass is 9.88. The van der Waals surface area contributed by atoms with E-state index in [2.05, 4.69) is 26.1 Å². The van der Waals surface area contributed by atoms with Crippen LogP contribution in [0.3, 0.4) is 0 Å². The Morgan fingerprint density at radius 2 is 1.95 bits per heavy atom. The first kappa shape index (κ1) is 14.9. The lowest BCUT2D eigenvalue weighted by molar-refractivity contribution is 0.0998. The van der Waals surface area contributed by atoms with E-state index in [1.165, 1.54) is 18.4 Å². The van der Waals surface area contributed by atoms with Crippen LogP contribution in [-0.4, -0.2) is 35.3 Å². The van der Waals surface area contributed by atoms with Crippen molar-refractivity contribution in [3.8, 4) is 0 Å². The molecular weight excluding hydrogens is 262 g/mol. The summed E-state index contributed by atoms with van der Waals surface area (Å²) < 4.78 is 5.95. The summed E-state index contributed by atoms with van der Waals surface area (Å²) in [6, 6.07) is 0. The lowest BCUT2D eigenvalue weighted by Crippen LogP contribution is -2.19. The molecule has 0 amide bonds. The van der Waals surface area contributed by atoms with Crippen molar-refractivity contribution in [2.75, 3.05) is 13.1 Å². The van der Waals surface area contributed by atoms with Crippen molar-refractivity contribution in [1.82, 2.24) is 15.3 Å². The number of rotatable bonds is 6. The zero-order chi connectivity index (χ0) is 14.8. The van der Waals surface area contributed by atoms with Crippen LogP contribution in [0.2, 0.25) is 0 Å². The second kappa shape index (κ2) is 6.41. The zero-order valence-electron chi connectivity index (χ0n) is 13.5. The molecule has 116 valence electrons. The minimum atomic E-state index is 0.369. The summed E-state index contributed by atoms with van der Waals surface area (Å²) in [7, 11) is 0. The van der Waals surface area contributed by atoms with Crippen molar-refractivity contribution >= 4 is 0 Å². The van der Waals surface area contributed by atoms with Gasteiger partial charge in [-0.25, -0.2) is 9.97 Å². The summed E-state index contributed by atoms with van der Waals surface area (Å²) in [5.74, 6) is 1.45. The highest BCUT2D eigenvalue weighted by atomic mass is 16.5. The second-order valence-electron chi connectivity index (χ2n) is 6.40. The van der Waals surface area contributed by atoms with Crippen molar-refractivity contribution in [2.24, 2.45) is 0 Å². The highest BCUT2D eigenvalue weighted by Crippen LogP contribution is 2.43. The van der Waals surface area contributed by atoms with E-state index < -0.39 is 0 Å². The molecule has 4 heteroatoms. The lowest BCUT2D eigenvalue weighted by Gasteiger charge is -2.19. The van der Waals surface area contributed by atoms with Gasteiger partial charge in [-0.3, -0.25) is 0 Å². The van der Waals surface area contributed by atoms with E-state index in [0.717, 1.165) is 49.6 Å². The molecule has 4 nitrogen and oxygen atoms in total. The van der Waals surface area contributed by atoms with Gasteiger partial charge in [0.2, 0.25) is 0 Å². The summed E-state index contributed by atoms with van der Waals surface area (Å²) in [6.07, 6.45) is 6.57. The number of hydrogen-bond donors (Lipinski definition) is 1. The van der Waals surface area contributed by atoms with Gasteiger partial charge in [0.15, 0.2) is 0 Å². The molecule has 3 heterocycles. The Bertz CT molecular complexity index is 480. The summed E-state index contributed by atoms with van der Waals surface area (Å²) in [5, 5.41) is 3.37. The minimum Gasteiger partial charge on any atom is -0.374 e. The van der Waals surface area contributed by atoms with Gasteiger partial charge in [0, 0.05) is 17.3 Å². The summed E-state index contributed by atoms with van der Waals surface area (Å²) in [6.45, 7) is 8.52. The molecule has 1 aromatic heterocycles. The molecule has 2 aliphatic rings. The fourth-order valence-electron chi connectivity index (χ4n) is 3.77. The predicted molar refractivity (Wildman–Crippen MR) is 83.6 cm³/mol. The molecule has 2 aliphatic heterocycles. The van der Waals surface area contributed by atoms with Crippen LogP contribution in [-0.2, 0) is 11.2 Å². The highest BCUT2D eigenvalue weighted by Gasteiger charge is 2.43. The van der Waals surface area contributed by atoms with Crippen LogP contribution in [0.1, 0.15) is 61.3 Å². The minimum absolute atomic E-state index is 0.369. The normalized spacial score (nSPS) is 27.5. The third-order valence-corrected chi connectivity index (χ3v) is 4.91. The Labute approximate surface area is 127 Å². The van der Waals surface area contributed by atoms with E-state index >= 15 is 0 Å². The molecule has 0 saturated carbocycles. The summed E-state index contributed by atoms with van der Waals surface area (Å²) >= 11 is 0. The molecule has 2 fully saturated rings. The van der Waals surface area contributed by atoms with Gasteiger partial charge < -0.3 is 10.1 Å². The molecule has 2 bridgehead atoms. The number of nitrogens with zero attached hydrogens (tertiary/aromatic N) is 2. The number of hydrogen-bond acceptors (Lipinski definition) is 4. The molecular formula is C17H27N3O. The van der Waals surface area contributed by atoms with Crippen LogP contribution in [0.5, 0.6) is 0 Å². The number of fused-ring (bicyclic) bond motifs is 2. The Balaban J connectivity index is 1.70. The highest BCUT2D eigenvalue weighted by molar-refractivity contribution is 5.26. The maximum atomic E-state index is 5.95. The van der Waals surface area contributed by atoms with Gasteiger partial charge in [-0.1, -0.05) is 6.92 Å². The summed E-state index contributed by atoms with van der Waals surface area (Å²) in [4.78, 5) is 9.64. The predicted octanol–water partition coefficient (Wildman–Crippen LogP) is 2.67. The SMILES string of the molecule is CCNCCCc1c(C)nc(C2CC3CCC2O3)nc1C. The van der Waals surface area contributed by atoms with E-state index in [-0.39, 0.29) is 0 Å². The Morgan fingerprint density at radius 3 is 2.52 bits per heavy atom. The number of aryl methyl sites for hydroxylation is 2. The fraction of sp³-hybridized carbons (Fsp3) is 0.765. The molecule has 3 rings (SSSR count). The molecule has 1 aromatic rings. The van der Waals surface area contributed by atoms with Crippen molar-refractivity contribution in [3.05, 3.63) is 22.8 Å². The van der Waals surface area contributed by atoms with Crippen LogP contribution < -0.4 is 5.32 Å². The third kappa shape index (κ3) is 3.11. The molecule has 0 aromatic carbocycles. The first-order chi connectivity index (χ1) is 10.2. The van der Waals surface area contributed by atoms with Gasteiger partial charge >= 0.3 is 0 Å². The van der Waals surface area contributed by atoms with Crippen LogP contribution in [0.25, 0.3) is 0 Å². The zero-order valence-corrected chi connectivity index (χ0v) is 13.5. The molecule has 3 unspecified atom stereocenters. The van der Waals surface area contributed by atoms with Crippen molar-refractivity contribution in [2.45, 2.75) is 71.0 Å². The van der Waals surface area contributed by atoms with Crippen LogP contribution >= 0.6 is 0 Å². The standard InChI is InChI=1S/C17H27N3O/c1-4-18-9-5-6-14-11(2)19-17(20-12(14)3)15-10-13-7-8-16(15)21-13/h13,15-16,18H,4-10H2,1-3H3. The first-order valence-corrected chi connectivity index (χ1v) is 8.39. The van der Waals surface area contributed by atoms with Crippen molar-refractivity contribution in [3.63, 3.8) is 0 Å². The van der Waals surface area contributed by atoms with E-state index in [0.29, 0.717) is 18.1 Å². The monoisotopic (exact) mass is 289 g/mol. The quantitative estimate of drug-likeness (QED) is 0.818. The van der Waals surface area contributed by atoms with Crippen LogP contribution in [0.4, 0.5) is 0 Å². The van der Waals surface area contributed by atoms with Gasteiger partial charge in [0.25, 0.3) is 0 Å². The van der Waals surface area contributed by atoms with Gasteiger partial charge in [-0.2, -0.15) is 0 Å². The van der Waals surface area contributed by atoms with Crippen molar-refractivity contribution < 1.29 is 4.74 Å². The Kier molecular flexibility index (Phi) is 4.55. The maximum absolute atomic E-state index is 5.95. The average molecular weight is 289 g/mol. The molecule has 3 atom stereocenters. The van der Waals surface area contributed by atoms with E-state index in [1.807, 2.05) is 0 Å². The fourth-order valence-corrected chi connectivity index (χ4v) is 3.77. The van der Waals surface area contributed by atoms with Gasteiger partial charge in [0.1, 0.15) is 5.82 Å². The smallest absolute Gasteiger partial charge is 0.134 e. The maximum Gasteiger partial charge on any atom is 0.134 e. The molecule has 2 saturated heterocycles. The second-order valence-corrected chi connectivity index (χ2v) is 6.40. The topological polar surface area (TPSA) is 47.0 Å². The largest absolute Gasteiger partial charge is 0.374 e. The molecule has 0 aliphatic carbocycles. The number of nitrogens with one attached hydrogen (secondary N) is 1. The van der Waals surface area contributed by atoms with Gasteiger partial charge in [-0.15, -0.1) is 0 Å². The molecule has 1 N–H and O–H groups in total. The molecule has 0 spiro atoms. The number of aromatic nitrogens is 2. The van der Waals surface area contributed by atoms with Crippen molar-refractivity contribution in [1.29, 1.82) is 0 Å². The first-order valence-electron chi connectivity index (χ1n) is 8.39. The molecule has 0 radical (unpaired) electrons. The Hall–Kier alpha value is -1.00. The van der Waals surface area contributed by atoms with Gasteiger partial charge in [0.05, 0.1) is 12.2 Å². The van der Waals surface area contributed by atoms with Crippen LogP contribution in [0, 0.1) is 13.8 Å². The van der Waals surface area contributed by atoms with Gasteiger partial charge in [-0.05, 0) is 64.6 Å². The van der Waals surface area contributed by atoms with E-state index in [9.17, 15) is 0 Å². The van der Waals surface area contributed by atoms with Crippen LogP contribution in [0.15, 0.2) is 0 Å².